The van der Waals surface area contributed by atoms with Crippen LogP contribution in [0, 0.1) is 20.8 Å². The minimum Gasteiger partial charge on any atom is -0.306 e. The van der Waals surface area contributed by atoms with Gasteiger partial charge in [0.15, 0.2) is 5.65 Å². The van der Waals surface area contributed by atoms with E-state index in [9.17, 15) is 18.0 Å². The molecule has 0 radical (unpaired) electrons. The third kappa shape index (κ3) is 4.90. The summed E-state index contributed by atoms with van der Waals surface area (Å²) < 4.78 is 30.4. The van der Waals surface area contributed by atoms with Crippen molar-refractivity contribution in [2.75, 3.05) is 18.4 Å². The van der Waals surface area contributed by atoms with Crippen LogP contribution in [-0.2, 0) is 10.0 Å². The average Bonchev–Trinajstić information content (AvgIpc) is 3.58. The Bertz CT molecular complexity index is 1980. The average molecular weight is 587 g/mol. The zero-order valence-corrected chi connectivity index (χ0v) is 24.3. The molecule has 2 N–H and O–H groups in total. The smallest absolute Gasteiger partial charge is 0.263 e. The number of amides is 1. The number of piperidine rings is 1. The molecule has 1 aliphatic rings. The summed E-state index contributed by atoms with van der Waals surface area (Å²) >= 11 is 0. The Morgan fingerprint density at radius 1 is 0.976 bits per heavy atom. The predicted molar refractivity (Wildman–Crippen MR) is 158 cm³/mol. The molecule has 6 rings (SSSR count). The Labute approximate surface area is 242 Å². The number of rotatable bonds is 6. The summed E-state index contributed by atoms with van der Waals surface area (Å²) in [6, 6.07) is 13.3. The maximum absolute atomic E-state index is 13.2. The second-order valence-electron chi connectivity index (χ2n) is 10.4. The zero-order valence-electron chi connectivity index (χ0n) is 23.5. The molecule has 1 aliphatic heterocycles. The fraction of sp³-hybridized carbons (Fsp3) is 0.276. The molecule has 13 heteroatoms. The van der Waals surface area contributed by atoms with Gasteiger partial charge in [0.05, 0.1) is 22.5 Å². The van der Waals surface area contributed by atoms with Gasteiger partial charge in [-0.15, -0.1) is 0 Å². The van der Waals surface area contributed by atoms with E-state index < -0.39 is 21.5 Å². The van der Waals surface area contributed by atoms with Crippen molar-refractivity contribution in [1.29, 1.82) is 0 Å². The third-order valence-corrected chi connectivity index (χ3v) is 9.49. The van der Waals surface area contributed by atoms with E-state index in [4.69, 9.17) is 0 Å². The van der Waals surface area contributed by atoms with E-state index in [2.05, 4.69) is 25.5 Å². The van der Waals surface area contributed by atoms with Crippen molar-refractivity contribution < 1.29 is 13.2 Å². The maximum atomic E-state index is 13.2. The number of hydrogen-bond donors (Lipinski definition) is 2. The fourth-order valence-electron chi connectivity index (χ4n) is 5.12. The summed E-state index contributed by atoms with van der Waals surface area (Å²) in [7, 11) is -3.61. The number of carbonyl (C=O) groups is 1. The molecule has 1 saturated heterocycles. The first-order chi connectivity index (χ1) is 20.1. The van der Waals surface area contributed by atoms with Crippen LogP contribution in [0.5, 0.6) is 0 Å². The van der Waals surface area contributed by atoms with Crippen molar-refractivity contribution in [2.24, 2.45) is 0 Å². The number of H-pyrrole nitrogens is 1. The van der Waals surface area contributed by atoms with Crippen molar-refractivity contribution in [3.05, 3.63) is 87.5 Å². The quantitative estimate of drug-likeness (QED) is 0.309. The second kappa shape index (κ2) is 10.7. The van der Waals surface area contributed by atoms with E-state index >= 15 is 0 Å². The standard InChI is InChI=1S/C29H30N8O4S/c1-18-8-7-9-24(20(18)3)36-26-23(17-30-36)28(39)33-29(32-26)37-25(16-19(2)34-37)31-27(38)21-10-12-22(13-11-21)42(40,41)35-14-5-4-6-15-35/h7-13,16-17H,4-6,14-15H2,1-3H3,(H,31,38)(H,32,33,39). The Morgan fingerprint density at radius 2 is 1.71 bits per heavy atom. The van der Waals surface area contributed by atoms with Gasteiger partial charge in [-0.2, -0.15) is 24.2 Å². The number of aryl methyl sites for hydroxylation is 2. The summed E-state index contributed by atoms with van der Waals surface area (Å²) in [6.45, 7) is 6.73. The Kier molecular flexibility index (Phi) is 6.99. The highest BCUT2D eigenvalue weighted by atomic mass is 32.2. The number of carbonyl (C=O) groups excluding carboxylic acids is 1. The zero-order chi connectivity index (χ0) is 29.6. The summed E-state index contributed by atoms with van der Waals surface area (Å²) in [5.74, 6) is -0.0873. The SMILES string of the molecule is Cc1cc(NC(=O)c2ccc(S(=O)(=O)N3CCCCC3)cc2)n(-c2nc3c(cnn3-c3cccc(C)c3C)c(=O)[nH]2)n1. The van der Waals surface area contributed by atoms with Gasteiger partial charge in [0.2, 0.25) is 16.0 Å². The van der Waals surface area contributed by atoms with Gasteiger partial charge in [-0.05, 0) is 75.1 Å². The lowest BCUT2D eigenvalue weighted by Gasteiger charge is -2.25. The predicted octanol–water partition coefficient (Wildman–Crippen LogP) is 3.65. The van der Waals surface area contributed by atoms with E-state index in [0.29, 0.717) is 29.8 Å². The van der Waals surface area contributed by atoms with Gasteiger partial charge in [-0.1, -0.05) is 18.6 Å². The summed E-state index contributed by atoms with van der Waals surface area (Å²) in [5, 5.41) is 12.0. The molecule has 0 spiro atoms. The number of anilines is 1. The van der Waals surface area contributed by atoms with Crippen LogP contribution >= 0.6 is 0 Å². The third-order valence-electron chi connectivity index (χ3n) is 7.57. The highest BCUT2D eigenvalue weighted by molar-refractivity contribution is 7.89. The minimum absolute atomic E-state index is 0.103. The maximum Gasteiger partial charge on any atom is 0.263 e. The molecule has 1 fully saturated rings. The first-order valence-electron chi connectivity index (χ1n) is 13.7. The van der Waals surface area contributed by atoms with Crippen LogP contribution in [0.2, 0.25) is 0 Å². The monoisotopic (exact) mass is 586 g/mol. The molecular weight excluding hydrogens is 556 g/mol. The summed E-state index contributed by atoms with van der Waals surface area (Å²) in [5.41, 5.74) is 3.67. The lowest BCUT2D eigenvalue weighted by atomic mass is 10.1. The van der Waals surface area contributed by atoms with Crippen LogP contribution in [0.3, 0.4) is 0 Å². The highest BCUT2D eigenvalue weighted by Gasteiger charge is 2.26. The number of nitrogens with zero attached hydrogens (tertiary/aromatic N) is 6. The van der Waals surface area contributed by atoms with Gasteiger partial charge in [-0.25, -0.2) is 13.1 Å². The van der Waals surface area contributed by atoms with Crippen molar-refractivity contribution >= 4 is 32.8 Å². The molecule has 1 amide bonds. The molecular formula is C29H30N8O4S. The molecule has 0 aliphatic carbocycles. The van der Waals surface area contributed by atoms with Gasteiger partial charge in [0, 0.05) is 24.7 Å². The Balaban J connectivity index is 1.31. The van der Waals surface area contributed by atoms with Gasteiger partial charge < -0.3 is 5.32 Å². The van der Waals surface area contributed by atoms with Crippen LogP contribution in [0.4, 0.5) is 5.82 Å². The first-order valence-corrected chi connectivity index (χ1v) is 15.1. The number of sulfonamides is 1. The molecule has 4 heterocycles. The number of hydrogen-bond acceptors (Lipinski definition) is 7. The molecule has 0 atom stereocenters. The van der Waals surface area contributed by atoms with Crippen molar-refractivity contribution in [1.82, 2.24) is 33.8 Å². The van der Waals surface area contributed by atoms with Crippen molar-refractivity contribution in [2.45, 2.75) is 44.9 Å². The largest absolute Gasteiger partial charge is 0.306 e. The van der Waals surface area contributed by atoms with E-state index in [1.807, 2.05) is 32.0 Å². The van der Waals surface area contributed by atoms with Crippen LogP contribution in [0.25, 0.3) is 22.7 Å². The van der Waals surface area contributed by atoms with Gasteiger partial charge in [-0.3, -0.25) is 14.6 Å². The normalized spacial score (nSPS) is 14.4. The van der Waals surface area contributed by atoms with E-state index in [1.165, 1.54) is 39.4 Å². The van der Waals surface area contributed by atoms with Crippen molar-refractivity contribution in [3.8, 4) is 11.6 Å². The number of fused-ring (bicyclic) bond motifs is 1. The molecule has 3 aromatic heterocycles. The van der Waals surface area contributed by atoms with E-state index in [-0.39, 0.29) is 22.2 Å². The highest BCUT2D eigenvalue weighted by Crippen LogP contribution is 2.23. The van der Waals surface area contributed by atoms with Gasteiger partial charge in [0.1, 0.15) is 11.2 Å². The summed E-state index contributed by atoms with van der Waals surface area (Å²) in [6.07, 6.45) is 4.18. The fourth-order valence-corrected chi connectivity index (χ4v) is 6.64. The molecule has 216 valence electrons. The van der Waals surface area contributed by atoms with E-state index in [1.54, 1.807) is 17.7 Å². The number of benzene rings is 2. The molecule has 5 aromatic rings. The minimum atomic E-state index is -3.61. The van der Waals surface area contributed by atoms with Gasteiger partial charge >= 0.3 is 0 Å². The number of aromatic amines is 1. The lowest BCUT2D eigenvalue weighted by molar-refractivity contribution is 0.102. The molecule has 42 heavy (non-hydrogen) atoms. The number of nitrogens with one attached hydrogen (secondary N) is 2. The van der Waals surface area contributed by atoms with Gasteiger partial charge in [0.25, 0.3) is 11.5 Å². The topological polar surface area (TPSA) is 148 Å². The molecule has 2 aromatic carbocycles. The first kappa shape index (κ1) is 27.5. The van der Waals surface area contributed by atoms with Crippen molar-refractivity contribution in [3.63, 3.8) is 0 Å². The Morgan fingerprint density at radius 3 is 2.45 bits per heavy atom. The molecule has 0 bridgehead atoms. The molecule has 12 nitrogen and oxygen atoms in total. The van der Waals surface area contributed by atoms with Crippen LogP contribution in [0.1, 0.15) is 46.4 Å². The summed E-state index contributed by atoms with van der Waals surface area (Å²) in [4.78, 5) is 33.8. The molecule has 0 unspecified atom stereocenters. The van der Waals surface area contributed by atoms with E-state index in [0.717, 1.165) is 36.1 Å². The lowest BCUT2D eigenvalue weighted by Crippen LogP contribution is -2.35. The number of aromatic nitrogens is 6. The Hall–Kier alpha value is -4.62. The van der Waals surface area contributed by atoms with Crippen LogP contribution < -0.4 is 10.9 Å². The second-order valence-corrected chi connectivity index (χ2v) is 12.4. The molecule has 0 saturated carbocycles. The van der Waals surface area contributed by atoms with Crippen LogP contribution in [0.15, 0.2) is 64.4 Å². The van der Waals surface area contributed by atoms with Crippen LogP contribution in [-0.4, -0.2) is 61.2 Å².